The van der Waals surface area contributed by atoms with Gasteiger partial charge in [-0.2, -0.15) is 0 Å². The molecule has 17 heavy (non-hydrogen) atoms. The van der Waals surface area contributed by atoms with Crippen molar-refractivity contribution < 1.29 is 4.79 Å². The molecule has 0 aliphatic heterocycles. The van der Waals surface area contributed by atoms with Gasteiger partial charge < -0.3 is 5.32 Å². The van der Waals surface area contributed by atoms with E-state index in [-0.39, 0.29) is 5.28 Å². The lowest BCUT2D eigenvalue weighted by Crippen LogP contribution is -2.12. The van der Waals surface area contributed by atoms with Crippen molar-refractivity contribution in [2.45, 2.75) is 0 Å². The van der Waals surface area contributed by atoms with E-state index in [0.29, 0.717) is 20.1 Å². The highest BCUT2D eigenvalue weighted by Crippen LogP contribution is 2.31. The molecule has 0 radical (unpaired) electrons. The monoisotopic (exact) mass is 307 g/mol. The van der Waals surface area contributed by atoms with E-state index in [1.54, 1.807) is 0 Å². The summed E-state index contributed by atoms with van der Waals surface area (Å²) >= 11 is 18.3. The van der Waals surface area contributed by atoms with E-state index < -0.39 is 5.91 Å². The summed E-state index contributed by atoms with van der Waals surface area (Å²) in [5, 5.41) is 2.60. The third-order valence-electron chi connectivity index (χ3n) is 1.77. The highest BCUT2D eigenvalue weighted by Gasteiger charge is 2.14. The summed E-state index contributed by atoms with van der Waals surface area (Å²) in [4.78, 5) is 19.3. The lowest BCUT2D eigenvalue weighted by Gasteiger charge is -2.02. The topological polar surface area (TPSA) is 54.9 Å². The van der Waals surface area contributed by atoms with Gasteiger partial charge in [-0.25, -0.2) is 9.97 Å². The fraction of sp³-hybridized carbons (Fsp3) is 0. The molecule has 2 heterocycles. The fourth-order valence-corrected chi connectivity index (χ4v) is 2.69. The molecule has 0 fully saturated rings. The van der Waals surface area contributed by atoms with Crippen LogP contribution in [0.4, 0.5) is 5.82 Å². The lowest BCUT2D eigenvalue weighted by molar-refractivity contribution is 0.102. The molecule has 0 aromatic carbocycles. The molecule has 0 aliphatic rings. The van der Waals surface area contributed by atoms with Crippen LogP contribution in [0.25, 0.3) is 0 Å². The number of halogens is 3. The summed E-state index contributed by atoms with van der Waals surface area (Å²) in [7, 11) is 0. The Bertz CT molecular complexity index is 572. The number of thiophene rings is 1. The number of nitrogens with one attached hydrogen (secondary N) is 1. The molecule has 0 unspecified atom stereocenters. The number of hydrogen-bond acceptors (Lipinski definition) is 4. The molecule has 2 rings (SSSR count). The third kappa shape index (κ3) is 3.07. The van der Waals surface area contributed by atoms with Crippen LogP contribution in [0.15, 0.2) is 18.3 Å². The Balaban J connectivity index is 2.20. The van der Waals surface area contributed by atoms with Gasteiger partial charge >= 0.3 is 0 Å². The number of hydrogen-bond donors (Lipinski definition) is 1. The van der Waals surface area contributed by atoms with Gasteiger partial charge in [0, 0.05) is 6.20 Å². The second kappa shape index (κ2) is 5.18. The predicted octanol–water partition coefficient (Wildman–Crippen LogP) is 3.75. The van der Waals surface area contributed by atoms with Crippen LogP contribution in [-0.4, -0.2) is 15.9 Å². The first-order valence-electron chi connectivity index (χ1n) is 4.31. The van der Waals surface area contributed by atoms with Crippen molar-refractivity contribution in [3.8, 4) is 0 Å². The molecule has 1 amide bonds. The first kappa shape index (κ1) is 12.6. The molecule has 0 saturated heterocycles. The molecule has 4 nitrogen and oxygen atoms in total. The minimum absolute atomic E-state index is 0.0530. The third-order valence-corrected chi connectivity index (χ3v) is 3.44. The predicted molar refractivity (Wildman–Crippen MR) is 69.3 cm³/mol. The number of anilines is 1. The van der Waals surface area contributed by atoms with Crippen LogP contribution in [0.1, 0.15) is 10.4 Å². The highest BCUT2D eigenvalue weighted by atomic mass is 35.5. The van der Waals surface area contributed by atoms with E-state index in [4.69, 9.17) is 34.8 Å². The second-order valence-corrected chi connectivity index (χ2v) is 5.53. The molecule has 0 atom stereocenters. The molecule has 0 bridgehead atoms. The molecular formula is C9H4Cl3N3OS. The van der Waals surface area contributed by atoms with Gasteiger partial charge in [0.15, 0.2) is 0 Å². The van der Waals surface area contributed by atoms with Gasteiger partial charge in [0.05, 0.1) is 9.90 Å². The van der Waals surface area contributed by atoms with E-state index in [1.165, 1.54) is 18.3 Å². The molecular weight excluding hydrogens is 305 g/mol. The Morgan fingerprint density at radius 3 is 2.71 bits per heavy atom. The SMILES string of the molecule is O=C(Nc1ccnc(Cl)n1)c1cc(Cl)sc1Cl. The fourth-order valence-electron chi connectivity index (χ4n) is 1.08. The largest absolute Gasteiger partial charge is 0.306 e. The van der Waals surface area contributed by atoms with Crippen LogP contribution in [0.2, 0.25) is 14.0 Å². The van der Waals surface area contributed by atoms with Gasteiger partial charge in [0.2, 0.25) is 5.28 Å². The van der Waals surface area contributed by atoms with Crippen molar-refractivity contribution in [2.24, 2.45) is 0 Å². The maximum absolute atomic E-state index is 11.8. The molecule has 8 heteroatoms. The smallest absolute Gasteiger partial charge is 0.259 e. The summed E-state index contributed by atoms with van der Waals surface area (Å²) in [6.45, 7) is 0. The Morgan fingerprint density at radius 1 is 1.35 bits per heavy atom. The molecule has 2 aromatic heterocycles. The number of amides is 1. The van der Waals surface area contributed by atoms with Crippen LogP contribution >= 0.6 is 46.1 Å². The summed E-state index contributed by atoms with van der Waals surface area (Å²) < 4.78 is 0.772. The summed E-state index contributed by atoms with van der Waals surface area (Å²) in [5.74, 6) is -0.0960. The Kier molecular flexibility index (Phi) is 3.83. The number of carbonyl (C=O) groups is 1. The van der Waals surface area contributed by atoms with E-state index in [1.807, 2.05) is 0 Å². The van der Waals surface area contributed by atoms with Crippen LogP contribution in [0.3, 0.4) is 0 Å². The zero-order valence-electron chi connectivity index (χ0n) is 8.08. The van der Waals surface area contributed by atoms with E-state index in [0.717, 1.165) is 11.3 Å². The van der Waals surface area contributed by atoms with Crippen LogP contribution in [-0.2, 0) is 0 Å². The van der Waals surface area contributed by atoms with Crippen LogP contribution < -0.4 is 5.32 Å². The zero-order valence-corrected chi connectivity index (χ0v) is 11.2. The quantitative estimate of drug-likeness (QED) is 0.860. The standard InChI is InChI=1S/C9H4Cl3N3OS/c10-5-3-4(7(11)17-5)8(16)14-6-1-2-13-9(12)15-6/h1-3H,(H,13,14,15,16). The number of rotatable bonds is 2. The number of aromatic nitrogens is 2. The average Bonchev–Trinajstić information content (AvgIpc) is 2.58. The van der Waals surface area contributed by atoms with E-state index in [2.05, 4.69) is 15.3 Å². The Hall–Kier alpha value is -0.880. The van der Waals surface area contributed by atoms with Gasteiger partial charge in [-0.05, 0) is 23.7 Å². The van der Waals surface area contributed by atoms with Crippen molar-refractivity contribution in [3.05, 3.63) is 37.8 Å². The van der Waals surface area contributed by atoms with Crippen LogP contribution in [0.5, 0.6) is 0 Å². The molecule has 88 valence electrons. The van der Waals surface area contributed by atoms with Crippen molar-refractivity contribution in [2.75, 3.05) is 5.32 Å². The maximum Gasteiger partial charge on any atom is 0.259 e. The van der Waals surface area contributed by atoms with E-state index in [9.17, 15) is 4.79 Å². The summed E-state index contributed by atoms with van der Waals surface area (Å²) in [5.41, 5.74) is 0.302. The van der Waals surface area contributed by atoms with Gasteiger partial charge in [-0.15, -0.1) is 11.3 Å². The van der Waals surface area contributed by atoms with Gasteiger partial charge in [-0.3, -0.25) is 4.79 Å². The van der Waals surface area contributed by atoms with E-state index >= 15 is 0 Å². The molecule has 1 N–H and O–H groups in total. The first-order chi connectivity index (χ1) is 8.06. The highest BCUT2D eigenvalue weighted by molar-refractivity contribution is 7.20. The van der Waals surface area contributed by atoms with Crippen LogP contribution in [0, 0.1) is 0 Å². The molecule has 0 saturated carbocycles. The van der Waals surface area contributed by atoms with Gasteiger partial charge in [0.25, 0.3) is 5.91 Å². The first-order valence-corrected chi connectivity index (χ1v) is 6.26. The maximum atomic E-state index is 11.8. The molecule has 2 aromatic rings. The number of carbonyl (C=O) groups excluding carboxylic acids is 1. The summed E-state index contributed by atoms with van der Waals surface area (Å²) in [6.07, 6.45) is 1.44. The normalized spacial score (nSPS) is 10.3. The van der Waals surface area contributed by atoms with Crippen molar-refractivity contribution in [3.63, 3.8) is 0 Å². The Morgan fingerprint density at radius 2 is 2.12 bits per heavy atom. The van der Waals surface area contributed by atoms with Crippen molar-refractivity contribution in [1.29, 1.82) is 0 Å². The molecule has 0 aliphatic carbocycles. The zero-order chi connectivity index (χ0) is 12.4. The average molecular weight is 309 g/mol. The number of nitrogens with zero attached hydrogens (tertiary/aromatic N) is 2. The van der Waals surface area contributed by atoms with Gasteiger partial charge in [-0.1, -0.05) is 23.2 Å². The Labute approximate surface area is 116 Å². The second-order valence-electron chi connectivity index (χ2n) is 2.90. The van der Waals surface area contributed by atoms with Crippen molar-refractivity contribution in [1.82, 2.24) is 9.97 Å². The van der Waals surface area contributed by atoms with Crippen molar-refractivity contribution >= 4 is 57.9 Å². The summed E-state index contributed by atoms with van der Waals surface area (Å²) in [6, 6.07) is 3.01. The lowest BCUT2D eigenvalue weighted by atomic mass is 10.3. The van der Waals surface area contributed by atoms with Gasteiger partial charge in [0.1, 0.15) is 10.2 Å². The minimum atomic E-state index is -0.395. The molecule has 0 spiro atoms. The minimum Gasteiger partial charge on any atom is -0.306 e.